The number of sulfonamides is 1. The number of amides is 1. The van der Waals surface area contributed by atoms with E-state index in [0.29, 0.717) is 12.1 Å². The Morgan fingerprint density at radius 3 is 2.12 bits per heavy atom. The molecular formula is C9H10F2N2O3S. The van der Waals surface area contributed by atoms with Crippen LogP contribution in [-0.2, 0) is 10.0 Å². The van der Waals surface area contributed by atoms with Crippen LogP contribution in [0.1, 0.15) is 10.4 Å². The minimum atomic E-state index is -4.31. The van der Waals surface area contributed by atoms with Crippen LogP contribution in [0.25, 0.3) is 0 Å². The van der Waals surface area contributed by atoms with Crippen molar-refractivity contribution in [2.45, 2.75) is 4.90 Å². The fourth-order valence-corrected chi connectivity index (χ4v) is 1.89. The number of hydrogen-bond donors (Lipinski definition) is 1. The molecule has 1 amide bonds. The predicted molar refractivity (Wildman–Crippen MR) is 55.7 cm³/mol. The highest BCUT2D eigenvalue weighted by atomic mass is 32.2. The molecule has 0 aromatic heterocycles. The Kier molecular flexibility index (Phi) is 3.48. The van der Waals surface area contributed by atoms with Crippen molar-refractivity contribution in [1.82, 2.24) is 4.90 Å². The minimum Gasteiger partial charge on any atom is -0.345 e. The molecule has 0 saturated heterocycles. The van der Waals surface area contributed by atoms with Gasteiger partial charge in [-0.3, -0.25) is 4.79 Å². The lowest BCUT2D eigenvalue weighted by atomic mass is 10.2. The summed E-state index contributed by atoms with van der Waals surface area (Å²) in [4.78, 5) is 11.9. The molecule has 0 saturated carbocycles. The Hall–Kier alpha value is -1.54. The highest BCUT2D eigenvalue weighted by Gasteiger charge is 2.23. The van der Waals surface area contributed by atoms with Gasteiger partial charge in [0.15, 0.2) is 11.6 Å². The van der Waals surface area contributed by atoms with Gasteiger partial charge in [-0.05, 0) is 12.1 Å². The first-order valence-corrected chi connectivity index (χ1v) is 5.92. The van der Waals surface area contributed by atoms with Crippen molar-refractivity contribution in [3.05, 3.63) is 29.3 Å². The van der Waals surface area contributed by atoms with Crippen molar-refractivity contribution in [2.75, 3.05) is 14.1 Å². The summed E-state index contributed by atoms with van der Waals surface area (Å²) in [6.45, 7) is 0. The summed E-state index contributed by atoms with van der Waals surface area (Å²) >= 11 is 0. The van der Waals surface area contributed by atoms with Gasteiger partial charge in [0.05, 0.1) is 10.5 Å². The maximum atomic E-state index is 13.0. The number of carbonyl (C=O) groups excluding carboxylic acids is 1. The molecule has 0 unspecified atom stereocenters. The van der Waals surface area contributed by atoms with Crippen LogP contribution in [0.3, 0.4) is 0 Å². The van der Waals surface area contributed by atoms with Gasteiger partial charge in [-0.1, -0.05) is 0 Å². The van der Waals surface area contributed by atoms with Crippen LogP contribution in [-0.4, -0.2) is 33.3 Å². The summed E-state index contributed by atoms with van der Waals surface area (Å²) < 4.78 is 48.2. The van der Waals surface area contributed by atoms with Gasteiger partial charge in [0.25, 0.3) is 5.91 Å². The zero-order valence-corrected chi connectivity index (χ0v) is 9.88. The number of hydrogen-bond acceptors (Lipinski definition) is 3. The monoisotopic (exact) mass is 264 g/mol. The number of carbonyl (C=O) groups is 1. The first kappa shape index (κ1) is 13.5. The zero-order valence-electron chi connectivity index (χ0n) is 9.07. The third-order valence-electron chi connectivity index (χ3n) is 1.97. The number of halogens is 2. The SMILES string of the molecule is CN(C)C(=O)c1cc(F)c(F)cc1S(N)(=O)=O. The highest BCUT2D eigenvalue weighted by Crippen LogP contribution is 2.19. The molecular weight excluding hydrogens is 254 g/mol. The lowest BCUT2D eigenvalue weighted by Gasteiger charge is -2.13. The molecule has 0 aliphatic heterocycles. The van der Waals surface area contributed by atoms with E-state index < -0.39 is 38.0 Å². The molecule has 0 aliphatic rings. The van der Waals surface area contributed by atoms with Gasteiger partial charge in [0, 0.05) is 14.1 Å². The Labute approximate surface area is 96.9 Å². The van der Waals surface area contributed by atoms with E-state index in [4.69, 9.17) is 5.14 Å². The molecule has 94 valence electrons. The van der Waals surface area contributed by atoms with Crippen molar-refractivity contribution in [3.63, 3.8) is 0 Å². The second-order valence-corrected chi connectivity index (χ2v) is 5.04. The zero-order chi connectivity index (χ0) is 13.4. The Balaban J connectivity index is 3.59. The minimum absolute atomic E-state index is 0.390. The van der Waals surface area contributed by atoms with Crippen molar-refractivity contribution in [1.29, 1.82) is 0 Å². The van der Waals surface area contributed by atoms with E-state index >= 15 is 0 Å². The van der Waals surface area contributed by atoms with Crippen molar-refractivity contribution < 1.29 is 22.0 Å². The third-order valence-corrected chi connectivity index (χ3v) is 2.92. The van der Waals surface area contributed by atoms with Crippen LogP contribution in [0.2, 0.25) is 0 Å². The molecule has 2 N–H and O–H groups in total. The summed E-state index contributed by atoms with van der Waals surface area (Å²) in [7, 11) is -1.62. The van der Waals surface area contributed by atoms with E-state index in [-0.39, 0.29) is 0 Å². The largest absolute Gasteiger partial charge is 0.345 e. The normalized spacial score (nSPS) is 11.4. The molecule has 1 rings (SSSR count). The van der Waals surface area contributed by atoms with Crippen molar-refractivity contribution >= 4 is 15.9 Å². The summed E-state index contributed by atoms with van der Waals surface area (Å²) in [6.07, 6.45) is 0. The molecule has 1 aromatic carbocycles. The highest BCUT2D eigenvalue weighted by molar-refractivity contribution is 7.89. The van der Waals surface area contributed by atoms with Crippen molar-refractivity contribution in [2.24, 2.45) is 5.14 Å². The average Bonchev–Trinajstić information content (AvgIpc) is 2.18. The lowest BCUT2D eigenvalue weighted by Crippen LogP contribution is -2.26. The standard InChI is InChI=1S/C9H10F2N2O3S/c1-13(2)9(14)5-3-6(10)7(11)4-8(5)17(12,15)16/h3-4H,1-2H3,(H2,12,15,16). The lowest BCUT2D eigenvalue weighted by molar-refractivity contribution is 0.0823. The summed E-state index contributed by atoms with van der Waals surface area (Å²) in [5.41, 5.74) is -0.503. The second-order valence-electron chi connectivity index (χ2n) is 3.51. The molecule has 0 radical (unpaired) electrons. The fraction of sp³-hybridized carbons (Fsp3) is 0.222. The molecule has 0 heterocycles. The molecule has 8 heteroatoms. The smallest absolute Gasteiger partial charge is 0.254 e. The summed E-state index contributed by atoms with van der Waals surface area (Å²) in [5, 5.41) is 4.83. The molecule has 17 heavy (non-hydrogen) atoms. The molecule has 0 aliphatic carbocycles. The van der Waals surface area contributed by atoms with Gasteiger partial charge >= 0.3 is 0 Å². The van der Waals surface area contributed by atoms with E-state index in [9.17, 15) is 22.0 Å². The van der Waals surface area contributed by atoms with Crippen LogP contribution in [0.15, 0.2) is 17.0 Å². The maximum absolute atomic E-state index is 13.0. The first-order valence-electron chi connectivity index (χ1n) is 4.38. The quantitative estimate of drug-likeness (QED) is 0.835. The van der Waals surface area contributed by atoms with E-state index in [1.165, 1.54) is 14.1 Å². The Morgan fingerprint density at radius 1 is 1.24 bits per heavy atom. The number of rotatable bonds is 2. The van der Waals surface area contributed by atoms with Gasteiger partial charge in [-0.25, -0.2) is 22.3 Å². The molecule has 0 atom stereocenters. The van der Waals surface area contributed by atoms with Crippen LogP contribution in [0, 0.1) is 11.6 Å². The third kappa shape index (κ3) is 2.77. The van der Waals surface area contributed by atoms with Crippen LogP contribution < -0.4 is 5.14 Å². The predicted octanol–water partition coefficient (Wildman–Crippen LogP) is 0.314. The number of nitrogens with zero attached hydrogens (tertiary/aromatic N) is 1. The van der Waals surface area contributed by atoms with E-state index in [1.807, 2.05) is 0 Å². The van der Waals surface area contributed by atoms with Gasteiger partial charge in [-0.2, -0.15) is 0 Å². The van der Waals surface area contributed by atoms with Gasteiger partial charge in [0.2, 0.25) is 10.0 Å². The molecule has 5 nitrogen and oxygen atoms in total. The molecule has 0 fully saturated rings. The summed E-state index contributed by atoms with van der Waals surface area (Å²) in [5.74, 6) is -3.49. The van der Waals surface area contributed by atoms with E-state index in [1.54, 1.807) is 0 Å². The maximum Gasteiger partial charge on any atom is 0.254 e. The summed E-state index contributed by atoms with van der Waals surface area (Å²) in [6, 6.07) is 0.902. The average molecular weight is 264 g/mol. The van der Waals surface area contributed by atoms with Crippen LogP contribution in [0.5, 0.6) is 0 Å². The molecule has 1 aromatic rings. The topological polar surface area (TPSA) is 80.5 Å². The number of primary sulfonamides is 1. The first-order chi connectivity index (χ1) is 7.64. The fourth-order valence-electron chi connectivity index (χ4n) is 1.17. The second kappa shape index (κ2) is 4.38. The van der Waals surface area contributed by atoms with E-state index in [2.05, 4.69) is 0 Å². The number of nitrogens with two attached hydrogens (primary N) is 1. The number of benzene rings is 1. The van der Waals surface area contributed by atoms with Gasteiger partial charge in [0.1, 0.15) is 0 Å². The molecule has 0 spiro atoms. The van der Waals surface area contributed by atoms with Crippen LogP contribution >= 0.6 is 0 Å². The van der Waals surface area contributed by atoms with Crippen molar-refractivity contribution in [3.8, 4) is 0 Å². The molecule has 0 bridgehead atoms. The van der Waals surface area contributed by atoms with E-state index in [0.717, 1.165) is 4.90 Å². The van der Waals surface area contributed by atoms with Gasteiger partial charge < -0.3 is 4.90 Å². The Bertz CT molecular complexity index is 570. The van der Waals surface area contributed by atoms with Crippen LogP contribution in [0.4, 0.5) is 8.78 Å². The van der Waals surface area contributed by atoms with Gasteiger partial charge in [-0.15, -0.1) is 0 Å². The Morgan fingerprint density at radius 2 is 1.71 bits per heavy atom.